The van der Waals surface area contributed by atoms with E-state index in [9.17, 15) is 59.9 Å². The Hall–Kier alpha value is -5.96. The highest BCUT2D eigenvalue weighted by Gasteiger charge is 2.53. The molecule has 540 valence electrons. The van der Waals surface area contributed by atoms with E-state index in [1.54, 1.807) is 13.8 Å². The van der Waals surface area contributed by atoms with Gasteiger partial charge in [0.25, 0.3) is 0 Å². The van der Waals surface area contributed by atoms with Crippen molar-refractivity contribution in [3.63, 3.8) is 0 Å². The first-order chi connectivity index (χ1) is 45.2. The zero-order valence-corrected chi connectivity index (χ0v) is 57.8. The predicted octanol–water partition coefficient (Wildman–Crippen LogP) is 6.20. The van der Waals surface area contributed by atoms with Gasteiger partial charge in [-0.05, 0) is 160 Å². The molecule has 4 aliphatic carbocycles. The summed E-state index contributed by atoms with van der Waals surface area (Å²) in [5.74, 6) is -11.9. The van der Waals surface area contributed by atoms with Gasteiger partial charge in [0.15, 0.2) is 0 Å². The molecule has 0 aromatic rings. The Morgan fingerprint density at radius 3 is 1.74 bits per heavy atom. The molecule has 8 fully saturated rings. The van der Waals surface area contributed by atoms with E-state index >= 15 is 19.2 Å². The number of halogens is 7. The highest BCUT2D eigenvalue weighted by Crippen LogP contribution is 2.45. The minimum absolute atomic E-state index is 0.00387. The van der Waals surface area contributed by atoms with Crippen LogP contribution in [0.3, 0.4) is 0 Å². The standard InChI is InChI=1S/C67H102ClF6N11O11/c1-9-38(2)54-63(95)79(5)37-53(87)83-33-28-50(83)61(93)81(7)51(36-42-20-24-44(25-21-42)66(69,70)71)62(94)85-32-14-18-48(85)57(89)76-47(27-23-41-22-26-45(46(68)35-41)67(72,73)74)60(92)84-31-15-19-49(84)58(90)78-65(29-12-13-30-65)64(96)82(8)55(43-16-10-11-17-43)59(91)75-39(3)34-52(86)80(6)40(4)56(88)77-54/h38-51,54-55H,9-37H2,1-8H3,(H,75,91)(H,76,89)(H,77,88)(H,78,90)/t38-,39+,40-,41?,42?,44?,45?,46?,47-,48+,49-,50-,51-,54-,55-/m0/s1. The van der Waals surface area contributed by atoms with Crippen LogP contribution in [0.2, 0.25) is 0 Å². The summed E-state index contributed by atoms with van der Waals surface area (Å²) in [6.45, 7) is 6.27. The molecule has 29 heteroatoms. The third-order valence-electron chi connectivity index (χ3n) is 22.9. The van der Waals surface area contributed by atoms with Gasteiger partial charge in [-0.2, -0.15) is 26.3 Å². The molecule has 8 aliphatic rings. The molecular weight excluding hydrogens is 1280 g/mol. The van der Waals surface area contributed by atoms with Gasteiger partial charge in [0.2, 0.25) is 65.0 Å². The summed E-state index contributed by atoms with van der Waals surface area (Å²) >= 11 is 6.40. The van der Waals surface area contributed by atoms with Crippen LogP contribution in [0.25, 0.3) is 0 Å². The van der Waals surface area contributed by atoms with E-state index in [-0.39, 0.29) is 135 Å². The molecule has 8 rings (SSSR count). The average molecular weight is 1390 g/mol. The Balaban J connectivity index is 1.12. The van der Waals surface area contributed by atoms with Crippen molar-refractivity contribution in [2.24, 2.45) is 35.5 Å². The second-order valence-corrected chi connectivity index (χ2v) is 29.8. The fourth-order valence-electron chi connectivity index (χ4n) is 16.4. The van der Waals surface area contributed by atoms with Gasteiger partial charge in [-0.25, -0.2) is 0 Å². The van der Waals surface area contributed by atoms with Gasteiger partial charge < -0.3 is 55.6 Å². The number of hydrogen-bond donors (Lipinski definition) is 4. The molecular formula is C67H102ClF6N11O11. The van der Waals surface area contributed by atoms with Gasteiger partial charge in [0.05, 0.1) is 18.4 Å². The molecule has 0 aromatic heterocycles. The Morgan fingerprint density at radius 1 is 0.562 bits per heavy atom. The third-order valence-corrected chi connectivity index (χ3v) is 23.4. The SMILES string of the molecule is CC[C@H](C)[C@@H]1NC(=O)[C@H](C)N(C)C(=O)C[C@@H](C)NC(=O)[C@H](C2CCCC2)N(C)C(=O)C2(CCCC2)NC(=O)[C@@H]2CCCN2C(=O)[C@H](CCC2CCC(C(F)(F)F)C(Cl)C2)NC(=O)[C@H]2CCCN2C(=O)[C@H](CC2CCC(C(F)(F)F)CC2)N(C)C(=O)[C@@H]2CCN2C(=O)CN(C)C1=O. The number of fused-ring (bicyclic) bond motifs is 3. The molecule has 0 aromatic carbocycles. The number of amides is 11. The minimum atomic E-state index is -4.53. The van der Waals surface area contributed by atoms with Crippen LogP contribution in [0.1, 0.15) is 188 Å². The van der Waals surface area contributed by atoms with E-state index in [4.69, 9.17) is 11.6 Å². The Bertz CT molecular complexity index is 2850. The number of likely N-dealkylation sites (N-methyl/N-ethyl adjacent to an activating group) is 4. The topological polar surface area (TPSA) is 259 Å². The minimum Gasteiger partial charge on any atom is -0.351 e. The van der Waals surface area contributed by atoms with Crippen molar-refractivity contribution in [3.05, 3.63) is 0 Å². The van der Waals surface area contributed by atoms with Crippen LogP contribution in [-0.4, -0.2) is 231 Å². The number of nitrogens with one attached hydrogen (secondary N) is 4. The number of alkyl halides is 7. The molecule has 0 bridgehead atoms. The van der Waals surface area contributed by atoms with Crippen molar-refractivity contribution in [2.45, 2.75) is 266 Å². The molecule has 4 aliphatic heterocycles. The summed E-state index contributed by atoms with van der Waals surface area (Å²) in [5, 5.41) is 10.4. The first kappa shape index (κ1) is 75.8. The first-order valence-corrected chi connectivity index (χ1v) is 35.6. The quantitative estimate of drug-likeness (QED) is 0.157. The smallest absolute Gasteiger partial charge is 0.351 e. The number of carbonyl (C=O) groups excluding carboxylic acids is 11. The number of rotatable bonds is 8. The van der Waals surface area contributed by atoms with Gasteiger partial charge in [0, 0.05) is 65.7 Å². The summed E-state index contributed by atoms with van der Waals surface area (Å²) in [6, 6.07) is -10.4. The second kappa shape index (κ2) is 31.9. The molecule has 13 atom stereocenters. The van der Waals surface area contributed by atoms with E-state index in [1.165, 1.54) is 64.5 Å². The van der Waals surface area contributed by atoms with Crippen LogP contribution in [0.5, 0.6) is 0 Å². The maximum atomic E-state index is 15.4. The summed E-state index contributed by atoms with van der Waals surface area (Å²) in [6.07, 6.45) is -3.93. The normalized spacial score (nSPS) is 33.7. The van der Waals surface area contributed by atoms with Crippen LogP contribution in [-0.2, 0) is 52.7 Å². The Labute approximate surface area is 564 Å². The molecule has 4 saturated heterocycles. The molecule has 3 unspecified atom stereocenters. The van der Waals surface area contributed by atoms with Gasteiger partial charge >= 0.3 is 12.4 Å². The second-order valence-electron chi connectivity index (χ2n) is 29.3. The van der Waals surface area contributed by atoms with Crippen molar-refractivity contribution in [1.29, 1.82) is 0 Å². The van der Waals surface area contributed by atoms with Gasteiger partial charge in [-0.3, -0.25) is 52.7 Å². The van der Waals surface area contributed by atoms with E-state index in [2.05, 4.69) is 21.3 Å². The first-order valence-electron chi connectivity index (χ1n) is 35.1. The largest absolute Gasteiger partial charge is 0.393 e. The lowest BCUT2D eigenvalue weighted by molar-refractivity contribution is -0.184. The maximum Gasteiger partial charge on any atom is 0.393 e. The van der Waals surface area contributed by atoms with E-state index in [1.807, 2.05) is 6.92 Å². The highest BCUT2D eigenvalue weighted by atomic mass is 35.5. The molecule has 22 nitrogen and oxygen atoms in total. The van der Waals surface area contributed by atoms with E-state index in [0.29, 0.717) is 38.5 Å². The van der Waals surface area contributed by atoms with Crippen molar-refractivity contribution < 1.29 is 79.1 Å². The fourth-order valence-corrected chi connectivity index (χ4v) is 16.9. The summed E-state index contributed by atoms with van der Waals surface area (Å²) in [7, 11) is 5.68. The van der Waals surface area contributed by atoms with Crippen LogP contribution < -0.4 is 21.3 Å². The van der Waals surface area contributed by atoms with Crippen LogP contribution >= 0.6 is 11.6 Å². The molecule has 0 radical (unpaired) electrons. The zero-order chi connectivity index (χ0) is 70.5. The maximum absolute atomic E-state index is 15.4. The molecule has 96 heavy (non-hydrogen) atoms. The van der Waals surface area contributed by atoms with Gasteiger partial charge in [-0.1, -0.05) is 46.0 Å². The van der Waals surface area contributed by atoms with Crippen molar-refractivity contribution in [3.8, 4) is 0 Å². The van der Waals surface area contributed by atoms with E-state index < -0.39 is 179 Å². The lowest BCUT2D eigenvalue weighted by atomic mass is 9.78. The van der Waals surface area contributed by atoms with Crippen molar-refractivity contribution >= 4 is 76.6 Å². The van der Waals surface area contributed by atoms with Crippen LogP contribution in [0.15, 0.2) is 0 Å². The van der Waals surface area contributed by atoms with Crippen LogP contribution in [0.4, 0.5) is 26.3 Å². The summed E-state index contributed by atoms with van der Waals surface area (Å²) < 4.78 is 84.0. The van der Waals surface area contributed by atoms with E-state index in [0.717, 1.165) is 17.7 Å². The van der Waals surface area contributed by atoms with Gasteiger partial charge in [-0.15, -0.1) is 11.6 Å². The zero-order valence-electron chi connectivity index (χ0n) is 57.0. The summed E-state index contributed by atoms with van der Waals surface area (Å²) in [5.41, 5.74) is -1.50. The predicted molar refractivity (Wildman–Crippen MR) is 341 cm³/mol. The third kappa shape index (κ3) is 17.4. The Morgan fingerprint density at radius 2 is 1.17 bits per heavy atom. The van der Waals surface area contributed by atoms with Crippen molar-refractivity contribution in [1.82, 2.24) is 55.6 Å². The molecule has 4 heterocycles. The number of carbonyl (C=O) groups is 11. The number of nitrogens with zero attached hydrogens (tertiary/aromatic N) is 7. The molecule has 1 spiro atoms. The van der Waals surface area contributed by atoms with Gasteiger partial charge in [0.1, 0.15) is 53.9 Å². The lowest BCUT2D eigenvalue weighted by Crippen LogP contribution is -2.64. The number of hydrogen-bond acceptors (Lipinski definition) is 11. The summed E-state index contributed by atoms with van der Waals surface area (Å²) in [4.78, 5) is 171. The van der Waals surface area contributed by atoms with Crippen LogP contribution in [0, 0.1) is 35.5 Å². The van der Waals surface area contributed by atoms with Crippen molar-refractivity contribution in [2.75, 3.05) is 54.4 Å². The monoisotopic (exact) mass is 1390 g/mol. The highest BCUT2D eigenvalue weighted by molar-refractivity contribution is 6.20. The Kier molecular flexibility index (Phi) is 25.2. The average Bonchev–Trinajstić information content (AvgIpc) is 1.41. The molecule has 4 N–H and O–H groups in total. The lowest BCUT2D eigenvalue weighted by Gasteiger charge is -2.44. The molecule has 11 amide bonds. The molecule has 4 saturated carbocycles. The fraction of sp³-hybridized carbons (Fsp3) is 0.836.